The third-order valence-corrected chi connectivity index (χ3v) is 5.19. The predicted octanol–water partition coefficient (Wildman–Crippen LogP) is 1.21. The van der Waals surface area contributed by atoms with Crippen LogP contribution in [-0.2, 0) is 6.42 Å². The summed E-state index contributed by atoms with van der Waals surface area (Å²) in [5, 5.41) is 26.1. The lowest BCUT2D eigenvalue weighted by Crippen LogP contribution is -2.41. The van der Waals surface area contributed by atoms with Crippen molar-refractivity contribution in [3.05, 3.63) is 28.8 Å². The van der Waals surface area contributed by atoms with Gasteiger partial charge in [0, 0.05) is 0 Å². The molecule has 2 heterocycles. The number of fused-ring (bicyclic) bond motifs is 1. The van der Waals surface area contributed by atoms with E-state index < -0.39 is 35.4 Å². The summed E-state index contributed by atoms with van der Waals surface area (Å²) in [5.41, 5.74) is 4.69. The topological polar surface area (TPSA) is 119 Å². The predicted molar refractivity (Wildman–Crippen MR) is 79.6 cm³/mol. The Hall–Kier alpha value is -1.92. The van der Waals surface area contributed by atoms with Gasteiger partial charge in [0.15, 0.2) is 16.0 Å². The molecule has 0 aliphatic carbocycles. The van der Waals surface area contributed by atoms with Gasteiger partial charge in [-0.3, -0.25) is 0 Å². The van der Waals surface area contributed by atoms with Crippen LogP contribution in [-0.4, -0.2) is 38.6 Å². The molecule has 1 aliphatic rings. The van der Waals surface area contributed by atoms with Crippen molar-refractivity contribution in [2.45, 2.75) is 15.9 Å². The minimum Gasteiger partial charge on any atom is -0.535 e. The van der Waals surface area contributed by atoms with Crippen molar-refractivity contribution in [1.82, 2.24) is 10.2 Å². The molecular weight excluding hydrogens is 351 g/mol. The molecule has 0 amide bonds. The molecule has 4 N–H and O–H groups in total. The summed E-state index contributed by atoms with van der Waals surface area (Å²) in [6.07, 6.45) is 0.0676. The van der Waals surface area contributed by atoms with Gasteiger partial charge in [-0.15, -0.1) is 10.2 Å². The van der Waals surface area contributed by atoms with E-state index in [9.17, 15) is 18.6 Å². The number of aromatic carboxylic acids is 1. The molecule has 0 saturated carbocycles. The summed E-state index contributed by atoms with van der Waals surface area (Å²) in [5.74, 6) is -4.84. The highest BCUT2D eigenvalue weighted by atomic mass is 32.2. The minimum absolute atomic E-state index is 0.0676. The molecule has 1 aromatic heterocycles. The Balaban J connectivity index is 1.95. The minimum atomic E-state index is -1.67. The quantitative estimate of drug-likeness (QED) is 0.700. The highest BCUT2D eigenvalue weighted by Gasteiger charge is 2.40. The Bertz CT molecular complexity index is 791. The fourth-order valence-electron chi connectivity index (χ4n) is 2.15. The number of anilines is 1. The maximum Gasteiger partial charge on any atom is 0.537 e. The summed E-state index contributed by atoms with van der Waals surface area (Å²) in [6.45, 7) is 0. The normalized spacial score (nSPS) is 16.8. The Morgan fingerprint density at radius 3 is 2.87 bits per heavy atom. The summed E-state index contributed by atoms with van der Waals surface area (Å²) in [7, 11) is -1.42. The number of hydrogen-bond acceptors (Lipinski definition) is 8. The zero-order valence-electron chi connectivity index (χ0n) is 11.2. The largest absolute Gasteiger partial charge is 0.537 e. The fraction of sp³-hybridized carbons (Fsp3) is 0.182. The van der Waals surface area contributed by atoms with Crippen LogP contribution in [0.3, 0.4) is 0 Å². The second-order valence-corrected chi connectivity index (χ2v) is 7.11. The van der Waals surface area contributed by atoms with E-state index in [1.807, 2.05) is 0 Å². The highest BCUT2D eigenvalue weighted by molar-refractivity contribution is 8.02. The van der Waals surface area contributed by atoms with Crippen molar-refractivity contribution in [1.29, 1.82) is 0 Å². The van der Waals surface area contributed by atoms with Crippen LogP contribution >= 0.6 is 23.1 Å². The molecule has 12 heteroatoms. The zero-order chi connectivity index (χ0) is 16.7. The van der Waals surface area contributed by atoms with Crippen LogP contribution in [0.1, 0.15) is 15.9 Å². The first-order chi connectivity index (χ1) is 10.9. The zero-order valence-corrected chi connectivity index (χ0v) is 12.8. The van der Waals surface area contributed by atoms with E-state index in [-0.39, 0.29) is 22.9 Å². The highest BCUT2D eigenvalue weighted by Crippen LogP contribution is 2.39. The summed E-state index contributed by atoms with van der Waals surface area (Å²) >= 11 is 2.21. The third-order valence-electron chi connectivity index (χ3n) is 3.11. The summed E-state index contributed by atoms with van der Waals surface area (Å²) in [4.78, 5) is 11.1. The molecule has 1 aromatic carbocycles. The maximum absolute atomic E-state index is 13.7. The van der Waals surface area contributed by atoms with Crippen molar-refractivity contribution < 1.29 is 28.4 Å². The molecule has 1 atom stereocenters. The molecule has 1 unspecified atom stereocenters. The van der Waals surface area contributed by atoms with Crippen LogP contribution in [0.2, 0.25) is 0 Å². The lowest BCUT2D eigenvalue weighted by Gasteiger charge is -2.27. The number of thioether (sulfide) groups is 1. The molecule has 23 heavy (non-hydrogen) atoms. The number of carboxylic acids is 1. The summed E-state index contributed by atoms with van der Waals surface area (Å²) in [6, 6.07) is 0.866. The number of rotatable bonds is 3. The molecule has 3 rings (SSSR count). The van der Waals surface area contributed by atoms with Gasteiger partial charge >= 0.3 is 13.1 Å². The standard InChI is InChI=1S/C11H8BF2N3O4S2/c13-4-1-3-2-5(22-11-17-16-10(15)23-11)12(20)21-8(3)6(7(4)14)9(18)19/h1,5,20H,2H2,(H2,15,16)(H,18,19). The van der Waals surface area contributed by atoms with E-state index in [0.29, 0.717) is 4.34 Å². The van der Waals surface area contributed by atoms with E-state index >= 15 is 0 Å². The molecule has 0 radical (unpaired) electrons. The number of carboxylic acid groups (broad SMARTS) is 1. The number of hydrogen-bond donors (Lipinski definition) is 3. The first-order valence-corrected chi connectivity index (χ1v) is 7.91. The maximum atomic E-state index is 13.7. The van der Waals surface area contributed by atoms with Gasteiger partial charge in [-0.2, -0.15) is 0 Å². The van der Waals surface area contributed by atoms with Crippen LogP contribution in [0.5, 0.6) is 5.75 Å². The second kappa shape index (κ2) is 5.94. The molecule has 0 bridgehead atoms. The van der Waals surface area contributed by atoms with E-state index in [2.05, 4.69) is 10.2 Å². The van der Waals surface area contributed by atoms with Crippen LogP contribution in [0.15, 0.2) is 10.4 Å². The van der Waals surface area contributed by atoms with E-state index in [0.717, 1.165) is 29.2 Å². The molecular formula is C11H8BF2N3O4S2. The lowest BCUT2D eigenvalue weighted by atomic mass is 9.77. The number of nitrogens with zero attached hydrogens (tertiary/aromatic N) is 2. The van der Waals surface area contributed by atoms with Gasteiger partial charge in [-0.05, 0) is 18.1 Å². The monoisotopic (exact) mass is 359 g/mol. The number of carbonyl (C=O) groups is 1. The number of nitrogens with two attached hydrogens (primary N) is 1. The number of nitrogen functional groups attached to an aromatic ring is 1. The summed E-state index contributed by atoms with van der Waals surface area (Å²) < 4.78 is 32.8. The van der Waals surface area contributed by atoms with Crippen LogP contribution < -0.4 is 10.4 Å². The average molecular weight is 359 g/mol. The Kier molecular flexibility index (Phi) is 4.12. The molecule has 2 aromatic rings. The van der Waals surface area contributed by atoms with Gasteiger partial charge < -0.3 is 20.5 Å². The Morgan fingerprint density at radius 1 is 1.52 bits per heavy atom. The molecule has 7 nitrogen and oxygen atoms in total. The molecule has 1 aliphatic heterocycles. The van der Waals surface area contributed by atoms with Gasteiger partial charge in [0.05, 0.1) is 5.15 Å². The SMILES string of the molecule is Nc1nnc(SC2Cc3cc(F)c(F)c(C(=O)O)c3OB2O)s1. The van der Waals surface area contributed by atoms with Gasteiger partial charge in [-0.1, -0.05) is 23.1 Å². The Labute approximate surface area is 136 Å². The van der Waals surface area contributed by atoms with Crippen LogP contribution in [0, 0.1) is 11.6 Å². The van der Waals surface area contributed by atoms with Gasteiger partial charge in [-0.25, -0.2) is 13.6 Å². The van der Waals surface area contributed by atoms with Crippen molar-refractivity contribution >= 4 is 41.3 Å². The van der Waals surface area contributed by atoms with Crippen molar-refractivity contribution in [2.24, 2.45) is 0 Å². The number of halogens is 2. The Morgan fingerprint density at radius 2 is 2.26 bits per heavy atom. The van der Waals surface area contributed by atoms with Crippen molar-refractivity contribution in [3.8, 4) is 5.75 Å². The van der Waals surface area contributed by atoms with Crippen LogP contribution in [0.25, 0.3) is 0 Å². The van der Waals surface area contributed by atoms with Crippen LogP contribution in [0.4, 0.5) is 13.9 Å². The first-order valence-electron chi connectivity index (χ1n) is 6.21. The van der Waals surface area contributed by atoms with Crippen molar-refractivity contribution in [3.63, 3.8) is 0 Å². The van der Waals surface area contributed by atoms with E-state index in [4.69, 9.17) is 15.5 Å². The second-order valence-electron chi connectivity index (χ2n) is 4.62. The molecule has 0 spiro atoms. The number of aromatic nitrogens is 2. The smallest absolute Gasteiger partial charge is 0.535 e. The fourth-order valence-corrected chi connectivity index (χ4v) is 4.09. The first kappa shape index (κ1) is 16.0. The van der Waals surface area contributed by atoms with Gasteiger partial charge in [0.1, 0.15) is 11.3 Å². The molecule has 0 saturated heterocycles. The number of benzene rings is 1. The molecule has 120 valence electrons. The van der Waals surface area contributed by atoms with E-state index in [1.54, 1.807) is 0 Å². The lowest BCUT2D eigenvalue weighted by molar-refractivity contribution is 0.0687. The average Bonchev–Trinajstić information content (AvgIpc) is 2.87. The van der Waals surface area contributed by atoms with Gasteiger partial charge in [0.25, 0.3) is 0 Å². The van der Waals surface area contributed by atoms with E-state index in [1.165, 1.54) is 0 Å². The van der Waals surface area contributed by atoms with Crippen molar-refractivity contribution in [2.75, 3.05) is 5.73 Å². The third kappa shape index (κ3) is 2.96. The molecule has 0 fully saturated rings. The van der Waals surface area contributed by atoms with Gasteiger partial charge in [0.2, 0.25) is 5.13 Å².